The average Bonchev–Trinajstić information content (AvgIpc) is 2.05. The fourth-order valence-electron chi connectivity index (χ4n) is 1.28. The highest BCUT2D eigenvalue weighted by atomic mass is 16.6. The normalized spacial score (nSPS) is 20.2. The van der Waals surface area contributed by atoms with Crippen LogP contribution in [0, 0.1) is 5.41 Å². The zero-order chi connectivity index (χ0) is 9.19. The van der Waals surface area contributed by atoms with Crippen molar-refractivity contribution >= 4 is 11.9 Å². The van der Waals surface area contributed by atoms with Crippen molar-refractivity contribution in [3.63, 3.8) is 0 Å². The lowest BCUT2D eigenvalue weighted by Gasteiger charge is -2.32. The quantitative estimate of drug-likeness (QED) is 0.366. The molecule has 0 spiro atoms. The Morgan fingerprint density at radius 3 is 2.25 bits per heavy atom. The van der Waals surface area contributed by atoms with Gasteiger partial charge in [-0.2, -0.15) is 0 Å². The molecule has 0 aromatic heterocycles. The van der Waals surface area contributed by atoms with Crippen LogP contribution in [0.4, 0.5) is 0 Å². The summed E-state index contributed by atoms with van der Waals surface area (Å²) in [5.41, 5.74) is -0.810. The lowest BCUT2D eigenvalue weighted by atomic mass is 9.81. The zero-order valence-electron chi connectivity index (χ0n) is 7.55. The number of ether oxygens (including phenoxy) is 1. The molecule has 0 bridgehead atoms. The lowest BCUT2D eigenvalue weighted by molar-refractivity contribution is -0.195. The predicted molar refractivity (Wildman–Crippen MR) is 43.3 cm³/mol. The second-order valence-electron chi connectivity index (χ2n) is 3.47. The summed E-state index contributed by atoms with van der Waals surface area (Å²) < 4.78 is 4.31. The predicted octanol–water partition coefficient (Wildman–Crippen LogP) is 1.66. The third kappa shape index (κ3) is 1.36. The molecule has 0 radical (unpaired) electrons. The van der Waals surface area contributed by atoms with E-state index in [0.29, 0.717) is 6.42 Å². The van der Waals surface area contributed by atoms with Crippen LogP contribution in [0.3, 0.4) is 0 Å². The minimum Gasteiger partial charge on any atom is -0.391 e. The van der Waals surface area contributed by atoms with Crippen LogP contribution in [-0.4, -0.2) is 11.9 Å². The van der Waals surface area contributed by atoms with Crippen molar-refractivity contribution in [2.24, 2.45) is 5.41 Å². The summed E-state index contributed by atoms with van der Waals surface area (Å²) in [7, 11) is 0. The summed E-state index contributed by atoms with van der Waals surface area (Å²) in [6.07, 6.45) is 3.72. The minimum atomic E-state index is -0.810. The molecule has 1 fully saturated rings. The van der Waals surface area contributed by atoms with E-state index in [1.807, 2.05) is 0 Å². The molecular formula is C9H14O3. The van der Waals surface area contributed by atoms with Gasteiger partial charge in [-0.05, 0) is 13.3 Å². The van der Waals surface area contributed by atoms with Gasteiger partial charge in [-0.3, -0.25) is 9.59 Å². The summed E-state index contributed by atoms with van der Waals surface area (Å²) in [6, 6.07) is 0. The first-order valence-corrected chi connectivity index (χ1v) is 4.38. The van der Waals surface area contributed by atoms with Gasteiger partial charge in [0.2, 0.25) is 0 Å². The Bertz CT molecular complexity index is 194. The first-order chi connectivity index (χ1) is 5.61. The van der Waals surface area contributed by atoms with E-state index in [0.717, 1.165) is 19.3 Å². The standard InChI is InChI=1S/C9H14O3/c1-3-4-5-6-9(2)7(10)12-8(9)11/h3-6H2,1-2H3. The molecule has 0 saturated carbocycles. The van der Waals surface area contributed by atoms with E-state index in [9.17, 15) is 9.59 Å². The van der Waals surface area contributed by atoms with Crippen molar-refractivity contribution in [2.45, 2.75) is 39.5 Å². The summed E-state index contributed by atoms with van der Waals surface area (Å²) in [5.74, 6) is -0.716. The van der Waals surface area contributed by atoms with Gasteiger partial charge in [0.05, 0.1) is 0 Å². The molecule has 0 unspecified atom stereocenters. The molecule has 1 aliphatic heterocycles. The summed E-state index contributed by atoms with van der Waals surface area (Å²) in [5, 5.41) is 0. The number of esters is 2. The molecule has 1 rings (SSSR count). The van der Waals surface area contributed by atoms with Crippen molar-refractivity contribution < 1.29 is 14.3 Å². The van der Waals surface area contributed by atoms with E-state index >= 15 is 0 Å². The van der Waals surface area contributed by atoms with Gasteiger partial charge >= 0.3 is 11.9 Å². The Kier molecular flexibility index (Phi) is 2.50. The molecule has 0 amide bonds. The lowest BCUT2D eigenvalue weighted by Crippen LogP contribution is -2.50. The van der Waals surface area contributed by atoms with Gasteiger partial charge < -0.3 is 4.74 Å². The summed E-state index contributed by atoms with van der Waals surface area (Å²) >= 11 is 0. The van der Waals surface area contributed by atoms with Gasteiger partial charge in [-0.15, -0.1) is 0 Å². The Morgan fingerprint density at radius 2 is 1.83 bits per heavy atom. The van der Waals surface area contributed by atoms with Crippen LogP contribution in [0.1, 0.15) is 39.5 Å². The highest BCUT2D eigenvalue weighted by molar-refractivity contribution is 6.13. The van der Waals surface area contributed by atoms with Gasteiger partial charge in [-0.25, -0.2) is 0 Å². The third-order valence-electron chi connectivity index (χ3n) is 2.37. The molecule has 0 aliphatic carbocycles. The van der Waals surface area contributed by atoms with Crippen molar-refractivity contribution in [2.75, 3.05) is 0 Å². The van der Waals surface area contributed by atoms with Gasteiger partial charge in [0.25, 0.3) is 0 Å². The topological polar surface area (TPSA) is 43.4 Å². The summed E-state index contributed by atoms with van der Waals surface area (Å²) in [6.45, 7) is 3.75. The van der Waals surface area contributed by atoms with E-state index < -0.39 is 5.41 Å². The van der Waals surface area contributed by atoms with E-state index in [-0.39, 0.29) is 11.9 Å². The molecule has 1 saturated heterocycles. The zero-order valence-corrected chi connectivity index (χ0v) is 7.55. The molecule has 0 atom stereocenters. The highest BCUT2D eigenvalue weighted by Gasteiger charge is 2.53. The second kappa shape index (κ2) is 3.25. The maximum absolute atomic E-state index is 10.9. The van der Waals surface area contributed by atoms with Crippen LogP contribution < -0.4 is 0 Å². The Labute approximate surface area is 72.1 Å². The molecule has 1 aliphatic rings. The Hall–Kier alpha value is -0.860. The van der Waals surface area contributed by atoms with Crippen molar-refractivity contribution in [3.8, 4) is 0 Å². The van der Waals surface area contributed by atoms with Crippen molar-refractivity contribution in [3.05, 3.63) is 0 Å². The molecule has 12 heavy (non-hydrogen) atoms. The van der Waals surface area contributed by atoms with Gasteiger partial charge in [0, 0.05) is 0 Å². The molecule has 1 heterocycles. The highest BCUT2D eigenvalue weighted by Crippen LogP contribution is 2.35. The van der Waals surface area contributed by atoms with Crippen LogP contribution in [0.2, 0.25) is 0 Å². The fourth-order valence-corrected chi connectivity index (χ4v) is 1.28. The molecule has 0 aromatic rings. The first-order valence-electron chi connectivity index (χ1n) is 4.38. The molecule has 0 N–H and O–H groups in total. The Balaban J connectivity index is 2.38. The van der Waals surface area contributed by atoms with E-state index in [4.69, 9.17) is 0 Å². The monoisotopic (exact) mass is 170 g/mol. The Morgan fingerprint density at radius 1 is 1.25 bits per heavy atom. The largest absolute Gasteiger partial charge is 0.391 e. The van der Waals surface area contributed by atoms with Crippen molar-refractivity contribution in [1.29, 1.82) is 0 Å². The average molecular weight is 170 g/mol. The number of cyclic esters (lactones) is 2. The van der Waals surface area contributed by atoms with Gasteiger partial charge in [0.15, 0.2) is 5.41 Å². The van der Waals surface area contributed by atoms with Crippen molar-refractivity contribution in [1.82, 2.24) is 0 Å². The number of rotatable bonds is 4. The number of carbonyl (C=O) groups excluding carboxylic acids is 2. The SMILES string of the molecule is CCCCCC1(C)C(=O)OC1=O. The van der Waals surface area contributed by atoms with E-state index in [1.54, 1.807) is 6.92 Å². The number of unbranched alkanes of at least 4 members (excludes halogenated alkanes) is 2. The molecule has 3 heteroatoms. The number of carbonyl (C=O) groups is 2. The maximum atomic E-state index is 10.9. The first kappa shape index (κ1) is 9.23. The van der Waals surface area contributed by atoms with Crippen LogP contribution >= 0.6 is 0 Å². The maximum Gasteiger partial charge on any atom is 0.330 e. The van der Waals surface area contributed by atoms with E-state index in [2.05, 4.69) is 11.7 Å². The molecular weight excluding hydrogens is 156 g/mol. The van der Waals surface area contributed by atoms with Crippen LogP contribution in [0.25, 0.3) is 0 Å². The molecule has 0 aromatic carbocycles. The van der Waals surface area contributed by atoms with Crippen LogP contribution in [0.15, 0.2) is 0 Å². The number of hydrogen-bond donors (Lipinski definition) is 0. The van der Waals surface area contributed by atoms with E-state index in [1.165, 1.54) is 0 Å². The van der Waals surface area contributed by atoms with Crippen LogP contribution in [0.5, 0.6) is 0 Å². The molecule has 68 valence electrons. The number of hydrogen-bond acceptors (Lipinski definition) is 3. The van der Waals surface area contributed by atoms with Crippen LogP contribution in [-0.2, 0) is 14.3 Å². The minimum absolute atomic E-state index is 0.358. The van der Waals surface area contributed by atoms with Gasteiger partial charge in [-0.1, -0.05) is 26.2 Å². The third-order valence-corrected chi connectivity index (χ3v) is 2.37. The smallest absolute Gasteiger partial charge is 0.330 e. The summed E-state index contributed by atoms with van der Waals surface area (Å²) in [4.78, 5) is 21.8. The fraction of sp³-hybridized carbons (Fsp3) is 0.778. The molecule has 3 nitrogen and oxygen atoms in total. The van der Waals surface area contributed by atoms with Gasteiger partial charge in [0.1, 0.15) is 0 Å². The second-order valence-corrected chi connectivity index (χ2v) is 3.47.